The molecule has 3 nitrogen and oxygen atoms in total. The summed E-state index contributed by atoms with van der Waals surface area (Å²) in [6.07, 6.45) is 13.8. The Labute approximate surface area is 183 Å². The highest BCUT2D eigenvalue weighted by atomic mass is 16.3. The molecule has 0 radical (unpaired) electrons. The fraction of sp³-hybridized carbons (Fsp3) is 0.556. The summed E-state index contributed by atoms with van der Waals surface area (Å²) in [5.74, 6) is -0.127. The van der Waals surface area contributed by atoms with Gasteiger partial charge in [-0.25, -0.2) is 0 Å². The molecule has 0 bridgehead atoms. The summed E-state index contributed by atoms with van der Waals surface area (Å²) < 4.78 is 0. The lowest BCUT2D eigenvalue weighted by Gasteiger charge is -2.23. The number of aryl methyl sites for hydroxylation is 2. The third-order valence-corrected chi connectivity index (χ3v) is 5.67. The topological polar surface area (TPSA) is 60.7 Å². The van der Waals surface area contributed by atoms with Crippen molar-refractivity contribution in [3.8, 4) is 11.5 Å². The second-order valence-corrected chi connectivity index (χ2v) is 9.23. The second kappa shape index (κ2) is 12.6. The molecule has 1 aromatic carbocycles. The Bertz CT molecular complexity index is 763. The number of rotatable bonds is 12. The van der Waals surface area contributed by atoms with E-state index in [4.69, 9.17) is 0 Å². The van der Waals surface area contributed by atoms with Crippen LogP contribution in [0.25, 0.3) is 0 Å². The largest absolute Gasteiger partial charge is 0.504 e. The van der Waals surface area contributed by atoms with E-state index in [9.17, 15) is 15.3 Å². The molecular formula is C27H42O3. The molecule has 0 aliphatic rings. The first kappa shape index (κ1) is 26.0. The fourth-order valence-corrected chi connectivity index (χ4v) is 3.42. The highest BCUT2D eigenvalue weighted by molar-refractivity contribution is 5.49. The van der Waals surface area contributed by atoms with E-state index in [1.54, 1.807) is 13.0 Å². The number of allylic oxidation sites excluding steroid dienone is 6. The molecule has 0 heterocycles. The van der Waals surface area contributed by atoms with Crippen LogP contribution < -0.4 is 0 Å². The molecule has 1 aromatic rings. The van der Waals surface area contributed by atoms with Crippen LogP contribution in [0.2, 0.25) is 0 Å². The summed E-state index contributed by atoms with van der Waals surface area (Å²) >= 11 is 0. The van der Waals surface area contributed by atoms with Crippen LogP contribution in [-0.2, 0) is 6.42 Å². The van der Waals surface area contributed by atoms with Gasteiger partial charge in [0.25, 0.3) is 0 Å². The molecule has 0 fully saturated rings. The number of benzene rings is 1. The first-order valence-corrected chi connectivity index (χ1v) is 11.2. The van der Waals surface area contributed by atoms with E-state index < -0.39 is 5.60 Å². The van der Waals surface area contributed by atoms with E-state index in [1.165, 1.54) is 16.7 Å². The lowest BCUT2D eigenvalue weighted by molar-refractivity contribution is 0.0431. The smallest absolute Gasteiger partial charge is 0.160 e. The molecule has 1 rings (SSSR count). The summed E-state index contributed by atoms with van der Waals surface area (Å²) in [5, 5.41) is 30.6. The van der Waals surface area contributed by atoms with Crippen molar-refractivity contribution in [1.82, 2.24) is 0 Å². The van der Waals surface area contributed by atoms with Crippen molar-refractivity contribution in [3.63, 3.8) is 0 Å². The van der Waals surface area contributed by atoms with Crippen molar-refractivity contribution in [3.05, 3.63) is 58.2 Å². The van der Waals surface area contributed by atoms with Crippen molar-refractivity contribution in [2.24, 2.45) is 0 Å². The molecular weight excluding hydrogens is 372 g/mol. The zero-order chi connectivity index (χ0) is 22.7. The first-order chi connectivity index (χ1) is 14.0. The quantitative estimate of drug-likeness (QED) is 0.248. The van der Waals surface area contributed by atoms with E-state index in [0.29, 0.717) is 30.4 Å². The Morgan fingerprint density at radius 3 is 2.00 bits per heavy atom. The van der Waals surface area contributed by atoms with Crippen LogP contribution in [0.3, 0.4) is 0 Å². The van der Waals surface area contributed by atoms with Gasteiger partial charge in [-0.1, -0.05) is 47.1 Å². The van der Waals surface area contributed by atoms with E-state index >= 15 is 0 Å². The monoisotopic (exact) mass is 414 g/mol. The zero-order valence-electron chi connectivity index (χ0n) is 19.9. The van der Waals surface area contributed by atoms with Crippen molar-refractivity contribution >= 4 is 0 Å². The standard InChI is InChI=1S/C27H42O3/c1-20(2)10-7-11-21(3)12-8-13-22(4)14-9-18-27(6,30)19-17-24-16-15-23(5)25(28)26(24)29/h10,12,14-16,28-30H,7-9,11,13,17-19H2,1-6H3. The van der Waals surface area contributed by atoms with Crippen LogP contribution in [0.5, 0.6) is 11.5 Å². The Kier molecular flexibility index (Phi) is 11.0. The first-order valence-electron chi connectivity index (χ1n) is 11.2. The van der Waals surface area contributed by atoms with Crippen LogP contribution in [0.15, 0.2) is 47.1 Å². The SMILES string of the molecule is CC(C)=CCCC(C)=CCCC(C)=CCCC(C)(O)CCc1ccc(C)c(O)c1O. The zero-order valence-corrected chi connectivity index (χ0v) is 19.9. The van der Waals surface area contributed by atoms with Gasteiger partial charge in [0.2, 0.25) is 0 Å². The molecule has 0 aliphatic carbocycles. The highest BCUT2D eigenvalue weighted by Gasteiger charge is 2.20. The molecule has 0 amide bonds. The van der Waals surface area contributed by atoms with Gasteiger partial charge in [-0.05, 0) is 104 Å². The van der Waals surface area contributed by atoms with Gasteiger partial charge in [0, 0.05) is 0 Å². The summed E-state index contributed by atoms with van der Waals surface area (Å²) in [6.45, 7) is 12.3. The number of hydrogen-bond acceptors (Lipinski definition) is 3. The molecule has 0 aromatic heterocycles. The summed E-state index contributed by atoms with van der Waals surface area (Å²) in [7, 11) is 0. The van der Waals surface area contributed by atoms with E-state index in [-0.39, 0.29) is 11.5 Å². The van der Waals surface area contributed by atoms with Crippen LogP contribution in [0.4, 0.5) is 0 Å². The van der Waals surface area contributed by atoms with E-state index in [1.807, 2.05) is 13.0 Å². The van der Waals surface area contributed by atoms with Gasteiger partial charge < -0.3 is 15.3 Å². The van der Waals surface area contributed by atoms with Crippen molar-refractivity contribution in [2.45, 2.75) is 98.5 Å². The predicted molar refractivity (Wildman–Crippen MR) is 128 cm³/mol. The maximum Gasteiger partial charge on any atom is 0.160 e. The number of hydrogen-bond donors (Lipinski definition) is 3. The van der Waals surface area contributed by atoms with Gasteiger partial charge in [-0.15, -0.1) is 0 Å². The van der Waals surface area contributed by atoms with Crippen LogP contribution >= 0.6 is 0 Å². The van der Waals surface area contributed by atoms with Crippen LogP contribution in [0, 0.1) is 6.92 Å². The summed E-state index contributed by atoms with van der Waals surface area (Å²) in [6, 6.07) is 3.61. The minimum atomic E-state index is -0.800. The van der Waals surface area contributed by atoms with Crippen LogP contribution in [-0.4, -0.2) is 20.9 Å². The maximum atomic E-state index is 10.7. The molecule has 1 atom stereocenters. The molecule has 3 N–H and O–H groups in total. The molecule has 168 valence electrons. The highest BCUT2D eigenvalue weighted by Crippen LogP contribution is 2.34. The van der Waals surface area contributed by atoms with Gasteiger partial charge in [0.1, 0.15) is 0 Å². The Morgan fingerprint density at radius 2 is 1.40 bits per heavy atom. The minimum Gasteiger partial charge on any atom is -0.504 e. The Balaban J connectivity index is 2.40. The van der Waals surface area contributed by atoms with Gasteiger partial charge in [-0.3, -0.25) is 0 Å². The van der Waals surface area contributed by atoms with Gasteiger partial charge in [0.05, 0.1) is 5.60 Å². The van der Waals surface area contributed by atoms with Gasteiger partial charge in [0.15, 0.2) is 11.5 Å². The van der Waals surface area contributed by atoms with Gasteiger partial charge >= 0.3 is 0 Å². The number of aliphatic hydroxyl groups is 1. The predicted octanol–water partition coefficient (Wildman–Crippen LogP) is 7.29. The normalized spacial score (nSPS) is 14.5. The number of phenols is 2. The van der Waals surface area contributed by atoms with E-state index in [0.717, 1.165) is 32.1 Å². The molecule has 3 heteroatoms. The molecule has 0 aliphatic heterocycles. The van der Waals surface area contributed by atoms with Crippen molar-refractivity contribution in [1.29, 1.82) is 0 Å². The summed E-state index contributed by atoms with van der Waals surface area (Å²) in [5.41, 5.74) is 4.73. The number of aromatic hydroxyl groups is 2. The molecule has 0 spiro atoms. The van der Waals surface area contributed by atoms with Crippen molar-refractivity contribution in [2.75, 3.05) is 0 Å². The van der Waals surface area contributed by atoms with E-state index in [2.05, 4.69) is 45.9 Å². The van der Waals surface area contributed by atoms with Gasteiger partial charge in [-0.2, -0.15) is 0 Å². The van der Waals surface area contributed by atoms with Crippen LogP contribution in [0.1, 0.15) is 90.7 Å². The average Bonchev–Trinajstić information content (AvgIpc) is 2.65. The lowest BCUT2D eigenvalue weighted by atomic mass is 9.91. The summed E-state index contributed by atoms with van der Waals surface area (Å²) in [4.78, 5) is 0. The molecule has 0 saturated heterocycles. The Hall–Kier alpha value is -2.00. The molecule has 0 saturated carbocycles. The van der Waals surface area contributed by atoms with Crippen molar-refractivity contribution < 1.29 is 15.3 Å². The number of phenolic OH excluding ortho intramolecular Hbond substituents is 2. The second-order valence-electron chi connectivity index (χ2n) is 9.23. The third kappa shape index (κ3) is 10.2. The molecule has 30 heavy (non-hydrogen) atoms. The molecule has 1 unspecified atom stereocenters. The maximum absolute atomic E-state index is 10.7. The minimum absolute atomic E-state index is 0.0630. The Morgan fingerprint density at radius 1 is 0.833 bits per heavy atom. The lowest BCUT2D eigenvalue weighted by Crippen LogP contribution is -2.24. The third-order valence-electron chi connectivity index (χ3n) is 5.67. The average molecular weight is 415 g/mol. The fourth-order valence-electron chi connectivity index (χ4n) is 3.42.